The molecule has 0 bridgehead atoms. The van der Waals surface area contributed by atoms with Gasteiger partial charge in [0.05, 0.1) is 26.0 Å². The average Bonchev–Trinajstić information content (AvgIpc) is 3.65. The van der Waals surface area contributed by atoms with Crippen LogP contribution in [0.5, 0.6) is 0 Å². The number of hydrogen-bond donors (Lipinski definition) is 0. The van der Waals surface area contributed by atoms with Crippen molar-refractivity contribution in [1.82, 2.24) is 0 Å². The zero-order valence-electron chi connectivity index (χ0n) is 40.9. The first-order valence-corrected chi connectivity index (χ1v) is 13.2. The Bertz CT molecular complexity index is 3460. The molecular formula is C42H26O. The molecule has 1 heteroatoms. The lowest BCUT2D eigenvalue weighted by Gasteiger charge is -2.19. The van der Waals surface area contributed by atoms with Gasteiger partial charge in [0.15, 0.2) is 0 Å². The third-order valence-corrected chi connectivity index (χ3v) is 7.49. The summed E-state index contributed by atoms with van der Waals surface area (Å²) in [6.45, 7) is 0. The number of rotatable bonds is 3. The third-order valence-electron chi connectivity index (χ3n) is 7.49. The van der Waals surface area contributed by atoms with Crippen molar-refractivity contribution in [3.63, 3.8) is 0 Å². The van der Waals surface area contributed by atoms with Gasteiger partial charge in [0, 0.05) is 16.3 Å². The molecule has 0 N–H and O–H groups in total. The molecule has 0 radical (unpaired) electrons. The number of para-hydroxylation sites is 2. The van der Waals surface area contributed by atoms with Gasteiger partial charge < -0.3 is 4.42 Å². The van der Waals surface area contributed by atoms with Crippen LogP contribution in [0.25, 0.3) is 87.6 Å². The first kappa shape index (κ1) is 11.9. The second kappa shape index (κ2) is 9.44. The number of hydrogen-bond acceptors (Lipinski definition) is 1. The topological polar surface area (TPSA) is 13.1 Å². The van der Waals surface area contributed by atoms with Gasteiger partial charge in [-0.3, -0.25) is 0 Å². The molecule has 0 unspecified atom stereocenters. The molecule has 1 aromatic heterocycles. The van der Waals surface area contributed by atoms with Crippen LogP contribution in [0.2, 0.25) is 0 Å². The smallest absolute Gasteiger partial charge is 0.143 e. The molecule has 0 aliphatic rings. The minimum absolute atomic E-state index is 0.194. The number of furan rings is 1. The normalized spacial score (nSPS) is 17.9. The quantitative estimate of drug-likeness (QED) is 0.194. The molecule has 0 aliphatic carbocycles. The molecule has 1 nitrogen and oxygen atoms in total. The van der Waals surface area contributed by atoms with E-state index in [1.165, 1.54) is 0 Å². The largest absolute Gasteiger partial charge is 0.455 e. The lowest BCUT2D eigenvalue weighted by atomic mass is 9.84. The number of benzene rings is 8. The SMILES string of the molecule is [2H]c1c([2H])c(-c2c3c([2H])c([2H])c([2H])c([2H])c3c(-c3c([2H])c([2H])c([2H])c4c([2H])c([2H])c([2H])c([2H])c34)c3c([2H])c([2H])c([2H])c([2H])c23)c([2H])c([2H])c1-c1cccc2c1oc1ccccc12. The van der Waals surface area contributed by atoms with Gasteiger partial charge in [0.2, 0.25) is 0 Å². The highest BCUT2D eigenvalue weighted by Crippen LogP contribution is 2.45. The minimum Gasteiger partial charge on any atom is -0.455 e. The van der Waals surface area contributed by atoms with Crippen LogP contribution in [0.1, 0.15) is 26.0 Å². The van der Waals surface area contributed by atoms with Crippen LogP contribution in [-0.4, -0.2) is 0 Å². The average molecular weight is 566 g/mol. The highest BCUT2D eigenvalue weighted by molar-refractivity contribution is 6.23. The summed E-state index contributed by atoms with van der Waals surface area (Å²) < 4.78 is 178. The van der Waals surface area contributed by atoms with Crippen molar-refractivity contribution in [3.8, 4) is 33.4 Å². The molecule has 0 aliphatic heterocycles. The van der Waals surface area contributed by atoms with E-state index in [9.17, 15) is 12.3 Å². The molecule has 9 aromatic rings. The summed E-state index contributed by atoms with van der Waals surface area (Å²) in [6, 6.07) is -3.19. The predicted octanol–water partition coefficient (Wildman–Crippen LogP) is 12.0. The van der Waals surface area contributed by atoms with E-state index in [-0.39, 0.29) is 16.7 Å². The Hall–Kier alpha value is -5.66. The number of fused-ring (bicyclic) bond motifs is 6. The third kappa shape index (κ3) is 3.65. The van der Waals surface area contributed by atoms with E-state index in [1.54, 1.807) is 36.4 Å². The van der Waals surface area contributed by atoms with Crippen molar-refractivity contribution in [1.29, 1.82) is 0 Å². The van der Waals surface area contributed by atoms with Gasteiger partial charge >= 0.3 is 0 Å². The van der Waals surface area contributed by atoms with Crippen molar-refractivity contribution in [3.05, 3.63) is 157 Å². The van der Waals surface area contributed by atoms with Gasteiger partial charge in [-0.25, -0.2) is 0 Å². The molecule has 0 amide bonds. The van der Waals surface area contributed by atoms with E-state index >= 15 is 0 Å². The summed E-state index contributed by atoms with van der Waals surface area (Å²) in [6.07, 6.45) is 0. The van der Waals surface area contributed by atoms with E-state index in [4.69, 9.17) is 18.1 Å². The fourth-order valence-corrected chi connectivity index (χ4v) is 5.64. The van der Waals surface area contributed by atoms with Crippen molar-refractivity contribution < 1.29 is 30.5 Å². The molecule has 0 atom stereocenters. The monoisotopic (exact) mass is 565 g/mol. The van der Waals surface area contributed by atoms with Crippen LogP contribution in [-0.2, 0) is 0 Å². The summed E-state index contributed by atoms with van der Waals surface area (Å²) in [5.41, 5.74) is -1.54. The van der Waals surface area contributed by atoms with Crippen LogP contribution >= 0.6 is 0 Å². The molecule has 0 saturated heterocycles. The van der Waals surface area contributed by atoms with Crippen LogP contribution in [0.4, 0.5) is 0 Å². The molecule has 0 spiro atoms. The van der Waals surface area contributed by atoms with E-state index < -0.39 is 169 Å². The Labute approximate surface area is 275 Å². The Morgan fingerprint density at radius 1 is 0.395 bits per heavy atom. The van der Waals surface area contributed by atoms with Crippen LogP contribution in [0.15, 0.2) is 162 Å². The maximum atomic E-state index is 9.51. The van der Waals surface area contributed by atoms with E-state index in [1.807, 2.05) is 6.07 Å². The van der Waals surface area contributed by atoms with E-state index in [0.29, 0.717) is 11.0 Å². The fraction of sp³-hybridized carbons (Fsp3) is 0. The van der Waals surface area contributed by atoms with Crippen molar-refractivity contribution in [2.45, 2.75) is 0 Å². The standard InChI is InChI=1S/C42H26O/c1-2-13-30-27(11-1)12-9-20-33(30)41-36-17-5-3-15-34(36)40(35-16-4-6-18-37(35)41)29-25-23-28(24-26-29)31-19-10-21-38-32-14-7-8-22-39(32)43-42(31)38/h1-26H/i1D,2D,3D,4D,5D,6D,9D,11D,12D,13D,15D,16D,17D,18D,20D,23D,24D,25D,26D. The zero-order chi connectivity index (χ0) is 44.9. The van der Waals surface area contributed by atoms with Gasteiger partial charge in [0.1, 0.15) is 11.2 Å². The Balaban J connectivity index is 1.56. The van der Waals surface area contributed by atoms with E-state index in [2.05, 4.69) is 0 Å². The highest BCUT2D eigenvalue weighted by Gasteiger charge is 2.18. The molecule has 1 heterocycles. The first-order valence-electron chi connectivity index (χ1n) is 22.7. The summed E-state index contributed by atoms with van der Waals surface area (Å²) in [5, 5.41) is -1.99. The van der Waals surface area contributed by atoms with Gasteiger partial charge in [-0.05, 0) is 66.2 Å². The first-order chi connectivity index (χ1) is 29.3. The van der Waals surface area contributed by atoms with Gasteiger partial charge in [-0.2, -0.15) is 0 Å². The summed E-state index contributed by atoms with van der Waals surface area (Å²) in [7, 11) is 0. The second-order valence-electron chi connectivity index (χ2n) is 9.78. The highest BCUT2D eigenvalue weighted by atomic mass is 16.3. The Morgan fingerprint density at radius 2 is 0.977 bits per heavy atom. The van der Waals surface area contributed by atoms with Crippen LogP contribution in [0.3, 0.4) is 0 Å². The second-order valence-corrected chi connectivity index (χ2v) is 9.78. The lowest BCUT2D eigenvalue weighted by Crippen LogP contribution is -1.91. The summed E-state index contributed by atoms with van der Waals surface area (Å²) in [5.74, 6) is 0. The maximum Gasteiger partial charge on any atom is 0.143 e. The van der Waals surface area contributed by atoms with Crippen molar-refractivity contribution in [2.75, 3.05) is 0 Å². The van der Waals surface area contributed by atoms with Crippen molar-refractivity contribution in [2.24, 2.45) is 0 Å². The molecular weight excluding hydrogens is 520 g/mol. The Kier molecular flexibility index (Phi) is 2.61. The van der Waals surface area contributed by atoms with Crippen LogP contribution < -0.4 is 0 Å². The van der Waals surface area contributed by atoms with Gasteiger partial charge in [-0.15, -0.1) is 0 Å². The maximum absolute atomic E-state index is 9.51. The molecule has 0 fully saturated rings. The fourth-order valence-electron chi connectivity index (χ4n) is 5.64. The predicted molar refractivity (Wildman–Crippen MR) is 183 cm³/mol. The molecule has 200 valence electrons. The molecule has 0 saturated carbocycles. The van der Waals surface area contributed by atoms with Gasteiger partial charge in [-0.1, -0.05) is 151 Å². The summed E-state index contributed by atoms with van der Waals surface area (Å²) >= 11 is 0. The van der Waals surface area contributed by atoms with E-state index in [0.717, 1.165) is 5.39 Å². The zero-order valence-corrected chi connectivity index (χ0v) is 21.9. The summed E-state index contributed by atoms with van der Waals surface area (Å²) in [4.78, 5) is 0. The Morgan fingerprint density at radius 3 is 1.72 bits per heavy atom. The lowest BCUT2D eigenvalue weighted by molar-refractivity contribution is 0.670. The molecule has 8 aromatic carbocycles. The van der Waals surface area contributed by atoms with Gasteiger partial charge in [0.25, 0.3) is 0 Å². The molecule has 9 rings (SSSR count). The molecule has 43 heavy (non-hydrogen) atoms. The van der Waals surface area contributed by atoms with Crippen LogP contribution in [0, 0.1) is 0 Å². The minimum atomic E-state index is -0.871. The van der Waals surface area contributed by atoms with Crippen molar-refractivity contribution >= 4 is 54.3 Å².